The van der Waals surface area contributed by atoms with Crippen LogP contribution in [0.1, 0.15) is 31.0 Å². The van der Waals surface area contributed by atoms with Gasteiger partial charge in [0.25, 0.3) is 0 Å². The van der Waals surface area contributed by atoms with Crippen LogP contribution >= 0.6 is 0 Å². The van der Waals surface area contributed by atoms with E-state index in [4.69, 9.17) is 10.00 Å². The third-order valence-electron chi connectivity index (χ3n) is 2.71. The van der Waals surface area contributed by atoms with E-state index in [0.717, 1.165) is 5.56 Å². The molecule has 4 heteroatoms. The molecule has 0 saturated heterocycles. The van der Waals surface area contributed by atoms with Crippen molar-refractivity contribution in [3.8, 4) is 6.07 Å². The zero-order chi connectivity index (χ0) is 13.4. The fourth-order valence-electron chi connectivity index (χ4n) is 1.59. The molecule has 0 aliphatic rings. The van der Waals surface area contributed by atoms with Gasteiger partial charge in [-0.25, -0.2) is 0 Å². The fraction of sp³-hybridized carbons (Fsp3) is 0.500. The number of ether oxygens (including phenoxy) is 1. The van der Waals surface area contributed by atoms with Gasteiger partial charge >= 0.3 is 0 Å². The molecule has 2 unspecified atom stereocenters. The van der Waals surface area contributed by atoms with Gasteiger partial charge in [0.05, 0.1) is 24.3 Å². The van der Waals surface area contributed by atoms with Crippen LogP contribution in [0.2, 0.25) is 0 Å². The van der Waals surface area contributed by atoms with E-state index >= 15 is 0 Å². The van der Waals surface area contributed by atoms with Crippen LogP contribution in [-0.2, 0) is 4.74 Å². The Bertz CT molecular complexity index is 384. The van der Waals surface area contributed by atoms with Crippen molar-refractivity contribution in [2.75, 3.05) is 19.8 Å². The number of hydrogen-bond donors (Lipinski definition) is 2. The van der Waals surface area contributed by atoms with Gasteiger partial charge in [0, 0.05) is 19.2 Å². The molecule has 0 heterocycles. The predicted molar refractivity (Wildman–Crippen MR) is 70.1 cm³/mol. The minimum absolute atomic E-state index is 0.133. The second-order valence-electron chi connectivity index (χ2n) is 4.18. The van der Waals surface area contributed by atoms with Crippen LogP contribution in [0, 0.1) is 11.3 Å². The lowest BCUT2D eigenvalue weighted by Crippen LogP contribution is -2.32. The SMILES string of the molecule is CCOCC(O)CNC(C)c1ccc(C#N)cc1. The maximum Gasteiger partial charge on any atom is 0.0991 e. The van der Waals surface area contributed by atoms with Crippen molar-refractivity contribution >= 4 is 0 Å². The average molecular weight is 248 g/mol. The predicted octanol–water partition coefficient (Wildman–Crippen LogP) is 1.61. The number of aliphatic hydroxyl groups is 1. The number of rotatable bonds is 7. The lowest BCUT2D eigenvalue weighted by Gasteiger charge is -2.17. The molecule has 0 aromatic heterocycles. The van der Waals surface area contributed by atoms with E-state index < -0.39 is 6.10 Å². The van der Waals surface area contributed by atoms with Crippen LogP contribution in [0.15, 0.2) is 24.3 Å². The highest BCUT2D eigenvalue weighted by atomic mass is 16.5. The highest BCUT2D eigenvalue weighted by Gasteiger charge is 2.08. The van der Waals surface area contributed by atoms with E-state index in [-0.39, 0.29) is 6.04 Å². The summed E-state index contributed by atoms with van der Waals surface area (Å²) in [6, 6.07) is 9.66. The Hall–Kier alpha value is -1.41. The molecule has 0 bridgehead atoms. The molecule has 2 atom stereocenters. The monoisotopic (exact) mass is 248 g/mol. The summed E-state index contributed by atoms with van der Waals surface area (Å²) in [4.78, 5) is 0. The first-order valence-corrected chi connectivity index (χ1v) is 6.16. The first kappa shape index (κ1) is 14.7. The number of nitrogens with one attached hydrogen (secondary N) is 1. The highest BCUT2D eigenvalue weighted by molar-refractivity contribution is 5.32. The quantitative estimate of drug-likeness (QED) is 0.769. The number of nitrogens with zero attached hydrogens (tertiary/aromatic N) is 1. The molecule has 1 aromatic carbocycles. The molecule has 0 aliphatic carbocycles. The second kappa shape index (κ2) is 7.83. The van der Waals surface area contributed by atoms with Crippen molar-refractivity contribution in [1.29, 1.82) is 5.26 Å². The summed E-state index contributed by atoms with van der Waals surface area (Å²) in [5, 5.41) is 21.6. The molecular weight excluding hydrogens is 228 g/mol. The number of hydrogen-bond acceptors (Lipinski definition) is 4. The lowest BCUT2D eigenvalue weighted by molar-refractivity contribution is 0.0416. The third-order valence-corrected chi connectivity index (χ3v) is 2.71. The largest absolute Gasteiger partial charge is 0.389 e. The topological polar surface area (TPSA) is 65.3 Å². The molecule has 0 saturated carbocycles. The van der Waals surface area contributed by atoms with Gasteiger partial charge in [-0.3, -0.25) is 0 Å². The maximum atomic E-state index is 9.63. The summed E-state index contributed by atoms with van der Waals surface area (Å²) in [5.74, 6) is 0. The molecule has 0 amide bonds. The highest BCUT2D eigenvalue weighted by Crippen LogP contribution is 2.12. The van der Waals surface area contributed by atoms with Crippen LogP contribution in [0.3, 0.4) is 0 Å². The standard InChI is InChI=1S/C14H20N2O2/c1-3-18-10-14(17)9-16-11(2)13-6-4-12(8-15)5-7-13/h4-7,11,14,16-17H,3,9-10H2,1-2H3. The van der Waals surface area contributed by atoms with Gasteiger partial charge in [-0.15, -0.1) is 0 Å². The van der Waals surface area contributed by atoms with Gasteiger partial charge in [0.15, 0.2) is 0 Å². The maximum absolute atomic E-state index is 9.63. The number of benzene rings is 1. The van der Waals surface area contributed by atoms with E-state index in [1.54, 1.807) is 12.1 Å². The summed E-state index contributed by atoms with van der Waals surface area (Å²) >= 11 is 0. The molecule has 2 N–H and O–H groups in total. The molecule has 18 heavy (non-hydrogen) atoms. The van der Waals surface area contributed by atoms with E-state index in [1.807, 2.05) is 26.0 Å². The zero-order valence-corrected chi connectivity index (χ0v) is 10.9. The van der Waals surface area contributed by atoms with Crippen molar-refractivity contribution in [2.45, 2.75) is 26.0 Å². The second-order valence-corrected chi connectivity index (χ2v) is 4.18. The Labute approximate surface area is 108 Å². The minimum Gasteiger partial charge on any atom is -0.389 e. The first-order valence-electron chi connectivity index (χ1n) is 6.16. The lowest BCUT2D eigenvalue weighted by atomic mass is 10.1. The molecule has 4 nitrogen and oxygen atoms in total. The van der Waals surface area contributed by atoms with Gasteiger partial charge in [0.1, 0.15) is 0 Å². The number of nitriles is 1. The molecule has 1 rings (SSSR count). The van der Waals surface area contributed by atoms with Crippen molar-refractivity contribution < 1.29 is 9.84 Å². The van der Waals surface area contributed by atoms with Crippen LogP contribution < -0.4 is 5.32 Å². The summed E-state index contributed by atoms with van der Waals surface area (Å²) in [5.41, 5.74) is 1.75. The minimum atomic E-state index is -0.495. The van der Waals surface area contributed by atoms with Crippen molar-refractivity contribution in [3.05, 3.63) is 35.4 Å². The summed E-state index contributed by atoms with van der Waals surface area (Å²) in [6.45, 7) is 5.38. The molecular formula is C14H20N2O2. The Morgan fingerprint density at radius 2 is 2.06 bits per heavy atom. The van der Waals surface area contributed by atoms with Crippen molar-refractivity contribution in [2.24, 2.45) is 0 Å². The average Bonchev–Trinajstić information content (AvgIpc) is 2.42. The fourth-order valence-corrected chi connectivity index (χ4v) is 1.59. The van der Waals surface area contributed by atoms with Crippen molar-refractivity contribution in [1.82, 2.24) is 5.32 Å². The third kappa shape index (κ3) is 4.84. The van der Waals surface area contributed by atoms with Gasteiger partial charge in [-0.2, -0.15) is 5.26 Å². The van der Waals surface area contributed by atoms with E-state index in [2.05, 4.69) is 11.4 Å². The Morgan fingerprint density at radius 3 is 2.61 bits per heavy atom. The van der Waals surface area contributed by atoms with Crippen molar-refractivity contribution in [3.63, 3.8) is 0 Å². The molecule has 0 fully saturated rings. The normalized spacial score (nSPS) is 13.9. The van der Waals surface area contributed by atoms with Crippen LogP contribution in [0.4, 0.5) is 0 Å². The smallest absolute Gasteiger partial charge is 0.0991 e. The van der Waals surface area contributed by atoms with Gasteiger partial charge in [0.2, 0.25) is 0 Å². The molecule has 0 radical (unpaired) electrons. The zero-order valence-electron chi connectivity index (χ0n) is 10.9. The van der Waals surface area contributed by atoms with E-state index in [1.165, 1.54) is 0 Å². The Kier molecular flexibility index (Phi) is 6.37. The Morgan fingerprint density at radius 1 is 1.39 bits per heavy atom. The van der Waals surface area contributed by atoms with Crippen LogP contribution in [0.5, 0.6) is 0 Å². The molecule has 0 aliphatic heterocycles. The molecule has 0 spiro atoms. The molecule has 1 aromatic rings. The summed E-state index contributed by atoms with van der Waals surface area (Å²) in [6.07, 6.45) is -0.495. The number of aliphatic hydroxyl groups excluding tert-OH is 1. The van der Waals surface area contributed by atoms with Crippen LogP contribution in [0.25, 0.3) is 0 Å². The van der Waals surface area contributed by atoms with Gasteiger partial charge in [-0.1, -0.05) is 12.1 Å². The first-order chi connectivity index (χ1) is 8.67. The van der Waals surface area contributed by atoms with Crippen LogP contribution in [-0.4, -0.2) is 31.0 Å². The van der Waals surface area contributed by atoms with E-state index in [9.17, 15) is 5.11 Å². The Balaban J connectivity index is 2.40. The molecule has 98 valence electrons. The van der Waals surface area contributed by atoms with Gasteiger partial charge < -0.3 is 15.2 Å². The van der Waals surface area contributed by atoms with E-state index in [0.29, 0.717) is 25.3 Å². The summed E-state index contributed by atoms with van der Waals surface area (Å²) < 4.78 is 5.14. The summed E-state index contributed by atoms with van der Waals surface area (Å²) in [7, 11) is 0. The van der Waals surface area contributed by atoms with Gasteiger partial charge in [-0.05, 0) is 31.5 Å².